The molecule has 0 spiro atoms. The zero-order valence-electron chi connectivity index (χ0n) is 15.7. The van der Waals surface area contributed by atoms with Crippen molar-refractivity contribution in [2.45, 2.75) is 24.4 Å². The highest BCUT2D eigenvalue weighted by Crippen LogP contribution is 2.46. The van der Waals surface area contributed by atoms with E-state index in [1.807, 2.05) is 0 Å². The number of thiol groups is 1. The normalized spacial score (nSPS) is 24.5. The lowest BCUT2D eigenvalue weighted by atomic mass is 10.2. The van der Waals surface area contributed by atoms with Crippen LogP contribution in [-0.4, -0.2) is 47.8 Å². The van der Waals surface area contributed by atoms with Gasteiger partial charge in [0.2, 0.25) is 0 Å². The lowest BCUT2D eigenvalue weighted by Crippen LogP contribution is -2.33. The second-order valence-electron chi connectivity index (χ2n) is 6.47. The highest BCUT2D eigenvalue weighted by molar-refractivity contribution is 8.14. The van der Waals surface area contributed by atoms with E-state index >= 15 is 4.39 Å². The van der Waals surface area contributed by atoms with Gasteiger partial charge in [0.1, 0.15) is 12.7 Å². The van der Waals surface area contributed by atoms with Crippen LogP contribution in [0.25, 0.3) is 0 Å². The minimum atomic E-state index is -1.61. The van der Waals surface area contributed by atoms with Crippen LogP contribution in [-0.2, 0) is 18.5 Å². The quantitative estimate of drug-likeness (QED) is 0.439. The molecule has 0 aliphatic carbocycles. The maximum Gasteiger partial charge on any atom is 0.338 e. The molecule has 0 N–H and O–H groups in total. The summed E-state index contributed by atoms with van der Waals surface area (Å²) in [4.78, 5) is 35.8. The topological polar surface area (TPSA) is 78.9 Å². The Morgan fingerprint density at radius 2 is 1.52 bits per heavy atom. The Kier molecular flexibility index (Phi) is 6.87. The predicted octanol–water partition coefficient (Wildman–Crippen LogP) is 3.27. The van der Waals surface area contributed by atoms with Crippen LogP contribution in [0, 0.1) is 0 Å². The molecule has 0 saturated carbocycles. The smallest absolute Gasteiger partial charge is 0.338 e. The average molecular weight is 420 g/mol. The minimum absolute atomic E-state index is 0.0577. The van der Waals surface area contributed by atoms with Crippen LogP contribution in [0.3, 0.4) is 0 Å². The number of benzene rings is 2. The second-order valence-corrected chi connectivity index (χ2v) is 8.51. The van der Waals surface area contributed by atoms with Crippen LogP contribution < -0.4 is 0 Å². The van der Waals surface area contributed by atoms with E-state index in [0.717, 1.165) is 0 Å². The number of hydrogen-bond donors (Lipinski definition) is 1. The van der Waals surface area contributed by atoms with Gasteiger partial charge in [-0.2, -0.15) is 0 Å². The van der Waals surface area contributed by atoms with Crippen LogP contribution in [0.1, 0.15) is 27.6 Å². The minimum Gasteiger partial charge on any atom is -0.461 e. The van der Waals surface area contributed by atoms with Crippen molar-refractivity contribution in [1.82, 2.24) is 0 Å². The monoisotopic (exact) mass is 420 g/mol. The molecule has 2 aromatic carbocycles. The zero-order valence-corrected chi connectivity index (χ0v) is 16.6. The molecule has 0 bridgehead atoms. The van der Waals surface area contributed by atoms with Crippen LogP contribution in [0.5, 0.6) is 0 Å². The number of hydrogen-bond acceptors (Lipinski definition) is 6. The summed E-state index contributed by atoms with van der Waals surface area (Å²) in [6.45, 7) is 0.958. The first-order chi connectivity index (χ1) is 14.0. The summed E-state index contributed by atoms with van der Waals surface area (Å²) in [6.07, 6.45) is -2.69. The maximum atomic E-state index is 15.0. The summed E-state index contributed by atoms with van der Waals surface area (Å²) in [5, 5.41) is -0.866. The number of carbonyl (C=O) groups excluding carboxylic acids is 3. The van der Waals surface area contributed by atoms with Gasteiger partial charge in [-0.3, -0.25) is 4.79 Å². The fourth-order valence-corrected chi connectivity index (χ4v) is 5.16. The molecule has 29 heavy (non-hydrogen) atoms. The molecule has 0 radical (unpaired) electrons. The number of halogens is 1. The Balaban J connectivity index is 1.66. The van der Waals surface area contributed by atoms with Crippen molar-refractivity contribution in [2.75, 3.05) is 12.4 Å². The van der Waals surface area contributed by atoms with Crippen molar-refractivity contribution in [3.05, 3.63) is 71.8 Å². The molecule has 1 unspecified atom stereocenters. The molecule has 8 heteroatoms. The third-order valence-electron chi connectivity index (χ3n) is 4.36. The summed E-state index contributed by atoms with van der Waals surface area (Å²) in [7, 11) is 0. The second kappa shape index (κ2) is 9.56. The van der Waals surface area contributed by atoms with Crippen LogP contribution in [0.2, 0.25) is 0 Å². The Hall–Kier alpha value is -2.87. The van der Waals surface area contributed by atoms with Crippen molar-refractivity contribution >= 4 is 29.1 Å². The van der Waals surface area contributed by atoms with E-state index in [2.05, 4.69) is 0 Å². The van der Waals surface area contributed by atoms with Gasteiger partial charge in [0.05, 0.1) is 16.4 Å². The maximum absolute atomic E-state index is 15.0. The van der Waals surface area contributed by atoms with Gasteiger partial charge in [0.25, 0.3) is 0 Å². The van der Waals surface area contributed by atoms with E-state index < -0.39 is 46.6 Å². The summed E-state index contributed by atoms with van der Waals surface area (Å²) in [5.74, 6) is -1.75. The average Bonchev–Trinajstić information content (AvgIpc) is 3.01. The fourth-order valence-electron chi connectivity index (χ4n) is 2.97. The Bertz CT molecular complexity index is 860. The third-order valence-corrected chi connectivity index (χ3v) is 6.75. The largest absolute Gasteiger partial charge is 0.461 e. The van der Waals surface area contributed by atoms with Gasteiger partial charge < -0.3 is 13.7 Å². The summed E-state index contributed by atoms with van der Waals surface area (Å²) >= 11 is -1.60. The van der Waals surface area contributed by atoms with Crippen molar-refractivity contribution < 1.29 is 32.4 Å². The first-order valence-corrected chi connectivity index (χ1v) is 10.5. The van der Waals surface area contributed by atoms with Crippen molar-refractivity contribution in [3.8, 4) is 0 Å². The molecule has 2 aromatic rings. The number of rotatable bonds is 6. The molecule has 6 nitrogen and oxygen atoms in total. The summed E-state index contributed by atoms with van der Waals surface area (Å²) < 4.78 is 30.8. The number of carbonyl (C=O) groups is 3. The standard InChI is InChI=1S/C21H21FO6S/c1-14(23)28-29-13-17(27-21(25)16-10-6-3-7-11-16)19(22)18(29)12-26-20(24)15-8-4-2-5-9-15/h2-11,17-19,29H,12-13H2,1H3/t17-,18+,19-/m0/s1. The molecule has 154 valence electrons. The van der Waals surface area contributed by atoms with Crippen LogP contribution >= 0.6 is 11.2 Å². The van der Waals surface area contributed by atoms with Gasteiger partial charge in [0.15, 0.2) is 6.17 Å². The Morgan fingerprint density at radius 3 is 2.07 bits per heavy atom. The van der Waals surface area contributed by atoms with E-state index in [1.165, 1.54) is 6.92 Å². The highest BCUT2D eigenvalue weighted by atomic mass is 32.2. The zero-order chi connectivity index (χ0) is 20.8. The van der Waals surface area contributed by atoms with Crippen LogP contribution in [0.15, 0.2) is 60.7 Å². The molecule has 1 fully saturated rings. The SMILES string of the molecule is CC(=O)O[SH]1C[C@H](OC(=O)c2ccccc2)[C@H](F)[C@H]1COC(=O)c1ccccc1. The van der Waals surface area contributed by atoms with Crippen molar-refractivity contribution in [2.24, 2.45) is 0 Å². The molecule has 1 saturated heterocycles. The molecule has 0 aromatic heterocycles. The van der Waals surface area contributed by atoms with E-state index in [0.29, 0.717) is 11.1 Å². The molecule has 0 amide bonds. The van der Waals surface area contributed by atoms with E-state index in [9.17, 15) is 14.4 Å². The molecular formula is C21H21FO6S. The number of esters is 2. The van der Waals surface area contributed by atoms with Crippen molar-refractivity contribution in [1.29, 1.82) is 0 Å². The summed E-state index contributed by atoms with van der Waals surface area (Å²) in [5.41, 5.74) is 0.639. The first-order valence-electron chi connectivity index (χ1n) is 9.03. The van der Waals surface area contributed by atoms with Gasteiger partial charge in [-0.15, -0.1) is 0 Å². The fraction of sp³-hybridized carbons (Fsp3) is 0.286. The molecule has 1 aliphatic rings. The predicted molar refractivity (Wildman–Crippen MR) is 107 cm³/mol. The molecular weight excluding hydrogens is 399 g/mol. The van der Waals surface area contributed by atoms with Gasteiger partial charge in [0, 0.05) is 12.7 Å². The molecule has 3 rings (SSSR count). The Labute approximate surface area is 170 Å². The van der Waals surface area contributed by atoms with Crippen LogP contribution in [0.4, 0.5) is 4.39 Å². The van der Waals surface area contributed by atoms with Gasteiger partial charge in [-0.05, 0) is 24.3 Å². The van der Waals surface area contributed by atoms with Gasteiger partial charge in [-0.1, -0.05) is 47.6 Å². The van der Waals surface area contributed by atoms with E-state index in [-0.39, 0.29) is 12.4 Å². The number of alkyl halides is 1. The van der Waals surface area contributed by atoms with E-state index in [1.54, 1.807) is 60.7 Å². The highest BCUT2D eigenvalue weighted by Gasteiger charge is 2.46. The first kappa shape index (κ1) is 20.9. The number of ether oxygens (including phenoxy) is 2. The molecule has 4 atom stereocenters. The summed E-state index contributed by atoms with van der Waals surface area (Å²) in [6, 6.07) is 16.6. The van der Waals surface area contributed by atoms with Crippen molar-refractivity contribution in [3.63, 3.8) is 0 Å². The lowest BCUT2D eigenvalue weighted by Gasteiger charge is -2.23. The molecule has 1 heterocycles. The molecule has 1 aliphatic heterocycles. The lowest BCUT2D eigenvalue weighted by molar-refractivity contribution is -0.130. The Morgan fingerprint density at radius 1 is 0.966 bits per heavy atom. The third kappa shape index (κ3) is 5.35. The van der Waals surface area contributed by atoms with Gasteiger partial charge in [-0.25, -0.2) is 14.0 Å². The van der Waals surface area contributed by atoms with Gasteiger partial charge >= 0.3 is 17.9 Å². The van der Waals surface area contributed by atoms with E-state index in [4.69, 9.17) is 13.7 Å².